The van der Waals surface area contributed by atoms with Crippen molar-refractivity contribution in [2.45, 2.75) is 6.42 Å². The van der Waals surface area contributed by atoms with Crippen LogP contribution in [-0.4, -0.2) is 42.1 Å². The van der Waals surface area contributed by atoms with Crippen LogP contribution in [0.1, 0.15) is 5.01 Å². The van der Waals surface area contributed by atoms with E-state index in [-0.39, 0.29) is 5.91 Å². The summed E-state index contributed by atoms with van der Waals surface area (Å²) in [4.78, 5) is 18.6. The zero-order valence-corrected chi connectivity index (χ0v) is 13.0. The average Bonchev–Trinajstić information content (AvgIpc) is 2.97. The third-order valence-corrected chi connectivity index (χ3v) is 4.46. The van der Waals surface area contributed by atoms with E-state index < -0.39 is 0 Å². The van der Waals surface area contributed by atoms with Crippen molar-refractivity contribution in [2.24, 2.45) is 0 Å². The number of rotatable bonds is 3. The van der Waals surface area contributed by atoms with E-state index in [1.165, 1.54) is 11.3 Å². The molecule has 0 bridgehead atoms. The Morgan fingerprint density at radius 2 is 2.00 bits per heavy atom. The van der Waals surface area contributed by atoms with Crippen molar-refractivity contribution in [2.75, 3.05) is 26.3 Å². The number of halogens is 1. The summed E-state index contributed by atoms with van der Waals surface area (Å²) in [6, 6.07) is 7.56. The highest BCUT2D eigenvalue weighted by molar-refractivity contribution is 7.10. The van der Waals surface area contributed by atoms with E-state index in [2.05, 4.69) is 4.98 Å². The van der Waals surface area contributed by atoms with Gasteiger partial charge in [0.1, 0.15) is 5.01 Å². The van der Waals surface area contributed by atoms with E-state index in [9.17, 15) is 4.79 Å². The molecule has 2 heterocycles. The molecule has 2 aromatic rings. The second kappa shape index (κ2) is 6.56. The first-order valence-electron chi connectivity index (χ1n) is 6.78. The molecule has 21 heavy (non-hydrogen) atoms. The van der Waals surface area contributed by atoms with Crippen LogP contribution in [0.3, 0.4) is 0 Å². The number of hydrogen-bond acceptors (Lipinski definition) is 4. The summed E-state index contributed by atoms with van der Waals surface area (Å²) < 4.78 is 5.25. The quantitative estimate of drug-likeness (QED) is 0.872. The minimum absolute atomic E-state index is 0.121. The highest BCUT2D eigenvalue weighted by Gasteiger charge is 2.18. The largest absolute Gasteiger partial charge is 0.378 e. The zero-order valence-electron chi connectivity index (χ0n) is 11.4. The third kappa shape index (κ3) is 3.61. The minimum Gasteiger partial charge on any atom is -0.378 e. The smallest absolute Gasteiger partial charge is 0.229 e. The molecule has 1 aromatic heterocycles. The molecule has 4 nitrogen and oxygen atoms in total. The zero-order chi connectivity index (χ0) is 14.7. The molecule has 3 rings (SSSR count). The Morgan fingerprint density at radius 1 is 1.29 bits per heavy atom. The number of ether oxygens (including phenoxy) is 1. The van der Waals surface area contributed by atoms with E-state index in [1.807, 2.05) is 34.5 Å². The molecular formula is C15H15ClN2O2S. The fourth-order valence-electron chi connectivity index (χ4n) is 2.20. The summed E-state index contributed by atoms with van der Waals surface area (Å²) in [5, 5.41) is 3.53. The Morgan fingerprint density at radius 3 is 2.71 bits per heavy atom. The molecule has 1 fully saturated rings. The van der Waals surface area contributed by atoms with E-state index in [4.69, 9.17) is 16.3 Å². The molecule has 1 saturated heterocycles. The normalized spacial score (nSPS) is 15.2. The van der Waals surface area contributed by atoms with E-state index in [1.54, 1.807) is 0 Å². The number of nitrogens with zero attached hydrogens (tertiary/aromatic N) is 2. The highest BCUT2D eigenvalue weighted by Crippen LogP contribution is 2.24. The van der Waals surface area contributed by atoms with Crippen molar-refractivity contribution in [3.05, 3.63) is 39.7 Å². The number of morpholine rings is 1. The second-order valence-electron chi connectivity index (χ2n) is 4.80. The number of carbonyl (C=O) groups is 1. The highest BCUT2D eigenvalue weighted by atomic mass is 35.5. The maximum atomic E-state index is 12.2. The lowest BCUT2D eigenvalue weighted by molar-refractivity contribution is -0.134. The van der Waals surface area contributed by atoms with Crippen LogP contribution in [0.15, 0.2) is 29.6 Å². The van der Waals surface area contributed by atoms with Crippen LogP contribution in [0.2, 0.25) is 5.02 Å². The van der Waals surface area contributed by atoms with Gasteiger partial charge in [-0.3, -0.25) is 4.79 Å². The molecular weight excluding hydrogens is 308 g/mol. The number of carbonyl (C=O) groups excluding carboxylic acids is 1. The fraction of sp³-hybridized carbons (Fsp3) is 0.333. The number of amides is 1. The lowest BCUT2D eigenvalue weighted by Gasteiger charge is -2.26. The maximum Gasteiger partial charge on any atom is 0.229 e. The van der Waals surface area contributed by atoms with Crippen LogP contribution in [0, 0.1) is 0 Å². The molecule has 0 N–H and O–H groups in total. The number of aromatic nitrogens is 1. The molecule has 0 aliphatic carbocycles. The van der Waals surface area contributed by atoms with Gasteiger partial charge in [0.2, 0.25) is 5.91 Å². The van der Waals surface area contributed by atoms with Gasteiger partial charge in [0.05, 0.1) is 25.3 Å². The standard InChI is InChI=1S/C15H15ClN2O2S/c16-12-3-1-11(2-4-12)13-10-21-14(17-13)9-15(19)18-5-7-20-8-6-18/h1-4,10H,5-9H2. The average molecular weight is 323 g/mol. The van der Waals surface area contributed by atoms with E-state index in [0.29, 0.717) is 37.7 Å². The molecule has 110 valence electrons. The first-order valence-corrected chi connectivity index (χ1v) is 8.04. The molecule has 0 spiro atoms. The first kappa shape index (κ1) is 14.5. The monoisotopic (exact) mass is 322 g/mol. The van der Waals surface area contributed by atoms with E-state index in [0.717, 1.165) is 16.3 Å². The topological polar surface area (TPSA) is 42.4 Å². The lowest BCUT2D eigenvalue weighted by Crippen LogP contribution is -2.41. The van der Waals surface area contributed by atoms with Gasteiger partial charge in [-0.15, -0.1) is 11.3 Å². The predicted octanol–water partition coefficient (Wildman–Crippen LogP) is 2.86. The van der Waals surface area contributed by atoms with Crippen molar-refractivity contribution in [1.29, 1.82) is 0 Å². The molecule has 6 heteroatoms. The van der Waals surface area contributed by atoms with Crippen molar-refractivity contribution in [1.82, 2.24) is 9.88 Å². The van der Waals surface area contributed by atoms with Gasteiger partial charge in [-0.1, -0.05) is 23.7 Å². The van der Waals surface area contributed by atoms with Crippen LogP contribution in [0.5, 0.6) is 0 Å². The number of hydrogen-bond donors (Lipinski definition) is 0. The molecule has 1 amide bonds. The number of thiazole rings is 1. The second-order valence-corrected chi connectivity index (χ2v) is 6.18. The summed E-state index contributed by atoms with van der Waals surface area (Å²) >= 11 is 7.40. The Bertz CT molecular complexity index is 621. The van der Waals surface area contributed by atoms with Gasteiger partial charge in [0.25, 0.3) is 0 Å². The molecule has 0 atom stereocenters. The maximum absolute atomic E-state index is 12.2. The van der Waals surface area contributed by atoms with Gasteiger partial charge < -0.3 is 9.64 Å². The van der Waals surface area contributed by atoms with Crippen molar-refractivity contribution in [3.8, 4) is 11.3 Å². The van der Waals surface area contributed by atoms with Gasteiger partial charge in [-0.05, 0) is 12.1 Å². The Labute approximate surface area is 132 Å². The fourth-order valence-corrected chi connectivity index (χ4v) is 3.12. The van der Waals surface area contributed by atoms with Gasteiger partial charge in [0, 0.05) is 29.1 Å². The Kier molecular flexibility index (Phi) is 4.53. The van der Waals surface area contributed by atoms with Crippen LogP contribution in [-0.2, 0) is 16.0 Å². The summed E-state index contributed by atoms with van der Waals surface area (Å²) in [6.45, 7) is 2.60. The molecule has 0 unspecified atom stereocenters. The lowest BCUT2D eigenvalue weighted by atomic mass is 10.2. The van der Waals surface area contributed by atoms with Gasteiger partial charge >= 0.3 is 0 Å². The van der Waals surface area contributed by atoms with Gasteiger partial charge in [0.15, 0.2) is 0 Å². The minimum atomic E-state index is 0.121. The SMILES string of the molecule is O=C(Cc1nc(-c2ccc(Cl)cc2)cs1)N1CCOCC1. The van der Waals surface area contributed by atoms with Crippen molar-refractivity contribution >= 4 is 28.8 Å². The van der Waals surface area contributed by atoms with Crippen LogP contribution >= 0.6 is 22.9 Å². The molecule has 0 saturated carbocycles. The Balaban J connectivity index is 1.67. The third-order valence-electron chi connectivity index (χ3n) is 3.36. The van der Waals surface area contributed by atoms with Crippen LogP contribution in [0.25, 0.3) is 11.3 Å². The number of benzene rings is 1. The van der Waals surface area contributed by atoms with E-state index >= 15 is 0 Å². The molecule has 1 aromatic carbocycles. The first-order chi connectivity index (χ1) is 10.2. The summed E-state index contributed by atoms with van der Waals surface area (Å²) in [7, 11) is 0. The summed E-state index contributed by atoms with van der Waals surface area (Å²) in [5.74, 6) is 0.121. The van der Waals surface area contributed by atoms with Gasteiger partial charge in [-0.25, -0.2) is 4.98 Å². The van der Waals surface area contributed by atoms with Crippen LogP contribution < -0.4 is 0 Å². The van der Waals surface area contributed by atoms with Crippen LogP contribution in [0.4, 0.5) is 0 Å². The summed E-state index contributed by atoms with van der Waals surface area (Å²) in [5.41, 5.74) is 1.90. The van der Waals surface area contributed by atoms with Gasteiger partial charge in [-0.2, -0.15) is 0 Å². The van der Waals surface area contributed by atoms with Crippen molar-refractivity contribution < 1.29 is 9.53 Å². The predicted molar refractivity (Wildman–Crippen MR) is 83.7 cm³/mol. The Hall–Kier alpha value is -1.43. The molecule has 0 radical (unpaired) electrons. The summed E-state index contributed by atoms with van der Waals surface area (Å²) in [6.07, 6.45) is 0.359. The molecule has 1 aliphatic rings. The van der Waals surface area contributed by atoms with Crippen molar-refractivity contribution in [3.63, 3.8) is 0 Å². The molecule has 1 aliphatic heterocycles.